The fourth-order valence-electron chi connectivity index (χ4n) is 3.79. The molecule has 0 aromatic heterocycles. The summed E-state index contributed by atoms with van der Waals surface area (Å²) in [5, 5.41) is 5.66. The number of para-hydroxylation sites is 1. The minimum Gasteiger partial charge on any atom is -0.348 e. The zero-order valence-electron chi connectivity index (χ0n) is 20.3. The summed E-state index contributed by atoms with van der Waals surface area (Å²) in [5.41, 5.74) is 3.31. The Balaban J connectivity index is 1.47. The molecule has 4 rings (SSSR count). The van der Waals surface area contributed by atoms with Crippen molar-refractivity contribution in [3.63, 3.8) is 0 Å². The van der Waals surface area contributed by atoms with E-state index in [2.05, 4.69) is 10.6 Å². The van der Waals surface area contributed by atoms with Crippen LogP contribution in [0.25, 0.3) is 0 Å². The van der Waals surface area contributed by atoms with E-state index in [4.69, 9.17) is 0 Å². The monoisotopic (exact) mass is 513 g/mol. The average Bonchev–Trinajstić information content (AvgIpc) is 2.91. The van der Waals surface area contributed by atoms with Gasteiger partial charge in [-0.15, -0.1) is 0 Å². The molecule has 0 bridgehead atoms. The van der Waals surface area contributed by atoms with Crippen molar-refractivity contribution in [2.45, 2.75) is 13.1 Å². The Morgan fingerprint density at radius 2 is 1.27 bits per heavy atom. The standard InChI is InChI=1S/C29H27N3O4S/c1-37(35,36)32(21-23-12-6-3-7-13-23)25-18-16-24(17-19-25)28(33)31-27-15-9-8-14-26(27)29(34)30-20-22-10-4-2-5-11-22/h2-19H,20-21H2,1H3,(H,30,34)(H,31,33). The van der Waals surface area contributed by atoms with Gasteiger partial charge in [0.1, 0.15) is 0 Å². The second kappa shape index (κ2) is 11.5. The number of anilines is 2. The highest BCUT2D eigenvalue weighted by Gasteiger charge is 2.19. The second-order valence-electron chi connectivity index (χ2n) is 8.47. The molecule has 0 saturated carbocycles. The summed E-state index contributed by atoms with van der Waals surface area (Å²) in [6.45, 7) is 0.542. The van der Waals surface area contributed by atoms with Gasteiger partial charge >= 0.3 is 0 Å². The Hall–Kier alpha value is -4.43. The molecule has 0 radical (unpaired) electrons. The fraction of sp³-hybridized carbons (Fsp3) is 0.103. The molecule has 4 aromatic carbocycles. The van der Waals surface area contributed by atoms with Gasteiger partial charge in [0.15, 0.2) is 0 Å². The van der Waals surface area contributed by atoms with Crippen molar-refractivity contribution >= 4 is 33.2 Å². The molecule has 0 aliphatic carbocycles. The van der Waals surface area contributed by atoms with Crippen molar-refractivity contribution in [2.24, 2.45) is 0 Å². The van der Waals surface area contributed by atoms with Gasteiger partial charge < -0.3 is 10.6 Å². The average molecular weight is 514 g/mol. The summed E-state index contributed by atoms with van der Waals surface area (Å²) < 4.78 is 26.2. The molecule has 0 unspecified atom stereocenters. The Bertz CT molecular complexity index is 1470. The van der Waals surface area contributed by atoms with Crippen molar-refractivity contribution in [1.82, 2.24) is 5.32 Å². The Labute approximate surface area is 216 Å². The van der Waals surface area contributed by atoms with Gasteiger partial charge in [-0.3, -0.25) is 13.9 Å². The van der Waals surface area contributed by atoms with Crippen LogP contribution in [-0.4, -0.2) is 26.5 Å². The Kier molecular flexibility index (Phi) is 8.00. The van der Waals surface area contributed by atoms with Crippen molar-refractivity contribution < 1.29 is 18.0 Å². The smallest absolute Gasteiger partial charge is 0.255 e. The van der Waals surface area contributed by atoms with Crippen LogP contribution in [0.15, 0.2) is 109 Å². The SMILES string of the molecule is CS(=O)(=O)N(Cc1ccccc1)c1ccc(C(=O)Nc2ccccc2C(=O)NCc2ccccc2)cc1. The van der Waals surface area contributed by atoms with Crippen molar-refractivity contribution in [3.8, 4) is 0 Å². The van der Waals surface area contributed by atoms with E-state index in [9.17, 15) is 18.0 Å². The van der Waals surface area contributed by atoms with E-state index >= 15 is 0 Å². The summed E-state index contributed by atoms with van der Waals surface area (Å²) in [7, 11) is -3.55. The van der Waals surface area contributed by atoms with Crippen LogP contribution in [0.5, 0.6) is 0 Å². The maximum atomic E-state index is 13.0. The van der Waals surface area contributed by atoms with Crippen LogP contribution in [0.4, 0.5) is 11.4 Å². The maximum absolute atomic E-state index is 13.0. The molecule has 2 N–H and O–H groups in total. The van der Waals surface area contributed by atoms with E-state index < -0.39 is 15.9 Å². The van der Waals surface area contributed by atoms with Gasteiger partial charge in [0.05, 0.1) is 29.7 Å². The summed E-state index contributed by atoms with van der Waals surface area (Å²) in [6.07, 6.45) is 1.15. The number of hydrogen-bond acceptors (Lipinski definition) is 4. The Morgan fingerprint density at radius 3 is 1.89 bits per heavy atom. The predicted molar refractivity (Wildman–Crippen MR) is 146 cm³/mol. The summed E-state index contributed by atoms with van der Waals surface area (Å²) in [4.78, 5) is 25.8. The molecule has 8 heteroatoms. The largest absolute Gasteiger partial charge is 0.348 e. The van der Waals surface area contributed by atoms with Crippen LogP contribution < -0.4 is 14.9 Å². The third-order valence-corrected chi connectivity index (χ3v) is 6.84. The number of rotatable bonds is 9. The summed E-state index contributed by atoms with van der Waals surface area (Å²) in [5.74, 6) is -0.719. The van der Waals surface area contributed by atoms with Gasteiger partial charge in [0.2, 0.25) is 10.0 Å². The highest BCUT2D eigenvalue weighted by molar-refractivity contribution is 7.92. The number of carbonyl (C=O) groups excluding carboxylic acids is 2. The van der Waals surface area contributed by atoms with Gasteiger partial charge in [-0.25, -0.2) is 8.42 Å². The van der Waals surface area contributed by atoms with Crippen LogP contribution in [-0.2, 0) is 23.1 Å². The van der Waals surface area contributed by atoms with Crippen molar-refractivity contribution in [3.05, 3.63) is 131 Å². The lowest BCUT2D eigenvalue weighted by atomic mass is 10.1. The molecule has 37 heavy (non-hydrogen) atoms. The van der Waals surface area contributed by atoms with E-state index in [0.29, 0.717) is 29.0 Å². The lowest BCUT2D eigenvalue weighted by Gasteiger charge is -2.22. The van der Waals surface area contributed by atoms with E-state index in [1.165, 1.54) is 4.31 Å². The van der Waals surface area contributed by atoms with Gasteiger partial charge in [-0.1, -0.05) is 72.8 Å². The molecule has 0 spiro atoms. The normalized spacial score (nSPS) is 10.9. The molecule has 188 valence electrons. The first-order valence-corrected chi connectivity index (χ1v) is 13.5. The zero-order chi connectivity index (χ0) is 26.3. The van der Waals surface area contributed by atoms with E-state index in [1.807, 2.05) is 60.7 Å². The van der Waals surface area contributed by atoms with Crippen molar-refractivity contribution in [1.29, 1.82) is 0 Å². The van der Waals surface area contributed by atoms with Gasteiger partial charge in [-0.05, 0) is 47.5 Å². The molecule has 0 atom stereocenters. The molecular formula is C29H27N3O4S. The number of nitrogens with zero attached hydrogens (tertiary/aromatic N) is 1. The molecule has 0 aliphatic rings. The first-order valence-electron chi connectivity index (χ1n) is 11.7. The molecule has 0 fully saturated rings. The van der Waals surface area contributed by atoms with Gasteiger partial charge in [-0.2, -0.15) is 0 Å². The highest BCUT2D eigenvalue weighted by Crippen LogP contribution is 2.22. The van der Waals surface area contributed by atoms with E-state index in [-0.39, 0.29) is 12.5 Å². The first kappa shape index (κ1) is 25.7. The third-order valence-electron chi connectivity index (χ3n) is 5.70. The van der Waals surface area contributed by atoms with E-state index in [0.717, 1.165) is 17.4 Å². The minimum atomic E-state index is -3.55. The molecule has 4 aromatic rings. The van der Waals surface area contributed by atoms with E-state index in [1.54, 1.807) is 48.5 Å². The van der Waals surface area contributed by atoms with Gasteiger partial charge in [0, 0.05) is 12.1 Å². The summed E-state index contributed by atoms with van der Waals surface area (Å²) >= 11 is 0. The molecular weight excluding hydrogens is 486 g/mol. The number of hydrogen-bond donors (Lipinski definition) is 2. The third kappa shape index (κ3) is 6.83. The number of nitrogens with one attached hydrogen (secondary N) is 2. The van der Waals surface area contributed by atoms with Crippen molar-refractivity contribution in [2.75, 3.05) is 15.9 Å². The number of benzene rings is 4. The fourth-order valence-corrected chi connectivity index (χ4v) is 4.67. The summed E-state index contributed by atoms with van der Waals surface area (Å²) in [6, 6.07) is 31.9. The molecule has 0 aliphatic heterocycles. The number of sulfonamides is 1. The van der Waals surface area contributed by atoms with Crippen LogP contribution in [0, 0.1) is 0 Å². The topological polar surface area (TPSA) is 95.6 Å². The van der Waals surface area contributed by atoms with Crippen LogP contribution >= 0.6 is 0 Å². The van der Waals surface area contributed by atoms with Crippen LogP contribution in [0.3, 0.4) is 0 Å². The number of carbonyl (C=O) groups is 2. The quantitative estimate of drug-likeness (QED) is 0.335. The van der Waals surface area contributed by atoms with Crippen LogP contribution in [0.2, 0.25) is 0 Å². The first-order chi connectivity index (χ1) is 17.8. The van der Waals surface area contributed by atoms with Crippen LogP contribution in [0.1, 0.15) is 31.8 Å². The highest BCUT2D eigenvalue weighted by atomic mass is 32.2. The number of amides is 2. The molecule has 0 heterocycles. The zero-order valence-corrected chi connectivity index (χ0v) is 21.1. The Morgan fingerprint density at radius 1 is 0.703 bits per heavy atom. The van der Waals surface area contributed by atoms with Gasteiger partial charge in [0.25, 0.3) is 11.8 Å². The molecule has 7 nitrogen and oxygen atoms in total. The maximum Gasteiger partial charge on any atom is 0.255 e. The minimum absolute atomic E-state index is 0.177. The lowest BCUT2D eigenvalue weighted by Crippen LogP contribution is -2.29. The molecule has 0 saturated heterocycles. The lowest BCUT2D eigenvalue weighted by molar-refractivity contribution is 0.0951. The predicted octanol–water partition coefficient (Wildman–Crippen LogP) is 4.84. The molecule has 2 amide bonds. The second-order valence-corrected chi connectivity index (χ2v) is 10.4.